The number of esters is 2. The number of benzene rings is 1. The lowest BCUT2D eigenvalue weighted by Gasteiger charge is -2.29. The van der Waals surface area contributed by atoms with Crippen molar-refractivity contribution in [2.45, 2.75) is 59.4 Å². The van der Waals surface area contributed by atoms with Crippen LogP contribution in [0.4, 0.5) is 0 Å². The second-order valence-electron chi connectivity index (χ2n) is 6.27. The fraction of sp³-hybridized carbons (Fsp3) is 0.556. The number of hydrogen-bond donors (Lipinski definition) is 0. The van der Waals surface area contributed by atoms with Crippen LogP contribution in [0, 0.1) is 13.8 Å². The second kappa shape index (κ2) is 7.59. The molecule has 23 heavy (non-hydrogen) atoms. The Labute approximate surface area is 137 Å². The summed E-state index contributed by atoms with van der Waals surface area (Å²) >= 11 is 0. The van der Waals surface area contributed by atoms with Crippen molar-refractivity contribution in [3.63, 3.8) is 0 Å². The highest BCUT2D eigenvalue weighted by Crippen LogP contribution is 2.28. The van der Waals surface area contributed by atoms with E-state index in [0.29, 0.717) is 13.2 Å². The number of hydrogen-bond acceptors (Lipinski definition) is 5. The molecule has 1 aliphatic heterocycles. The Bertz CT molecular complexity index is 564. The fourth-order valence-corrected chi connectivity index (χ4v) is 3.21. The first-order valence-corrected chi connectivity index (χ1v) is 7.98. The van der Waals surface area contributed by atoms with Crippen LogP contribution in [-0.2, 0) is 25.6 Å². The van der Waals surface area contributed by atoms with Gasteiger partial charge in [0, 0.05) is 32.9 Å². The van der Waals surface area contributed by atoms with Crippen LogP contribution in [0.15, 0.2) is 18.2 Å². The Hall–Kier alpha value is -1.88. The number of carbonyl (C=O) groups excluding carboxylic acids is 2. The lowest BCUT2D eigenvalue weighted by atomic mass is 10.1. The summed E-state index contributed by atoms with van der Waals surface area (Å²) in [4.78, 5) is 24.6. The number of nitrogens with zero attached hydrogens (tertiary/aromatic N) is 1. The van der Waals surface area contributed by atoms with E-state index in [1.807, 2.05) is 0 Å². The van der Waals surface area contributed by atoms with Gasteiger partial charge >= 0.3 is 11.9 Å². The molecule has 0 bridgehead atoms. The third kappa shape index (κ3) is 5.06. The van der Waals surface area contributed by atoms with E-state index in [1.165, 1.54) is 30.5 Å². The molecule has 0 aromatic heterocycles. The summed E-state index contributed by atoms with van der Waals surface area (Å²) in [7, 11) is 0. The predicted octanol–water partition coefficient (Wildman–Crippen LogP) is 2.72. The molecule has 1 heterocycles. The number of rotatable bonds is 5. The average molecular weight is 319 g/mol. The number of likely N-dealkylation sites (tertiary alicyclic amines) is 1. The fourth-order valence-electron chi connectivity index (χ4n) is 3.21. The van der Waals surface area contributed by atoms with Gasteiger partial charge in [-0.1, -0.05) is 29.3 Å². The molecular weight excluding hydrogens is 294 g/mol. The topological polar surface area (TPSA) is 55.8 Å². The molecule has 1 saturated heterocycles. The molecule has 0 N–H and O–H groups in total. The Morgan fingerprint density at radius 2 is 1.74 bits per heavy atom. The van der Waals surface area contributed by atoms with Gasteiger partial charge in [0.1, 0.15) is 6.61 Å². The van der Waals surface area contributed by atoms with Crippen molar-refractivity contribution in [3.05, 3.63) is 34.9 Å². The van der Waals surface area contributed by atoms with Gasteiger partial charge in [-0.25, -0.2) is 0 Å². The van der Waals surface area contributed by atoms with Gasteiger partial charge < -0.3 is 9.47 Å². The third-order valence-corrected chi connectivity index (χ3v) is 4.01. The summed E-state index contributed by atoms with van der Waals surface area (Å²) in [6.07, 6.45) is 1.35. The van der Waals surface area contributed by atoms with Crippen LogP contribution in [-0.4, -0.2) is 35.7 Å². The maximum Gasteiger partial charge on any atom is 0.304 e. The molecule has 0 spiro atoms. The molecule has 0 amide bonds. The van der Waals surface area contributed by atoms with E-state index in [9.17, 15) is 9.59 Å². The highest BCUT2D eigenvalue weighted by Gasteiger charge is 2.36. The van der Waals surface area contributed by atoms with Gasteiger partial charge in [0.15, 0.2) is 6.23 Å². The van der Waals surface area contributed by atoms with Gasteiger partial charge in [0.25, 0.3) is 0 Å². The molecule has 1 aromatic carbocycles. The van der Waals surface area contributed by atoms with Crippen molar-refractivity contribution < 1.29 is 19.1 Å². The average Bonchev–Trinajstić information content (AvgIpc) is 2.77. The van der Waals surface area contributed by atoms with E-state index < -0.39 is 0 Å². The van der Waals surface area contributed by atoms with Crippen molar-refractivity contribution in [2.24, 2.45) is 0 Å². The lowest BCUT2D eigenvalue weighted by molar-refractivity contribution is -0.158. The van der Waals surface area contributed by atoms with Gasteiger partial charge in [-0.3, -0.25) is 14.5 Å². The predicted molar refractivity (Wildman–Crippen MR) is 86.7 cm³/mol. The third-order valence-electron chi connectivity index (χ3n) is 4.01. The smallest absolute Gasteiger partial charge is 0.304 e. The molecule has 0 saturated carbocycles. The Morgan fingerprint density at radius 3 is 2.30 bits per heavy atom. The maximum absolute atomic E-state index is 11.3. The zero-order valence-corrected chi connectivity index (χ0v) is 14.3. The summed E-state index contributed by atoms with van der Waals surface area (Å²) in [5, 5.41) is 0. The molecule has 2 rings (SSSR count). The van der Waals surface area contributed by atoms with Gasteiger partial charge in [-0.05, 0) is 25.8 Å². The molecular formula is C18H25NO4. The van der Waals surface area contributed by atoms with E-state index >= 15 is 0 Å². The molecule has 5 heteroatoms. The SMILES string of the molecule is CC(=O)OC[C@H]1CC[C@H](OC(C)=O)N1Cc1cc(C)cc(C)c1. The highest BCUT2D eigenvalue weighted by atomic mass is 16.6. The summed E-state index contributed by atoms with van der Waals surface area (Å²) in [5.74, 6) is -0.569. The van der Waals surface area contributed by atoms with Gasteiger partial charge in [0.05, 0.1) is 0 Å². The minimum absolute atomic E-state index is 0.0732. The summed E-state index contributed by atoms with van der Waals surface area (Å²) in [5.41, 5.74) is 3.59. The lowest BCUT2D eigenvalue weighted by Crippen LogP contribution is -2.40. The molecule has 0 unspecified atom stereocenters. The molecule has 1 aliphatic rings. The first-order chi connectivity index (χ1) is 10.8. The van der Waals surface area contributed by atoms with Crippen LogP contribution in [0.2, 0.25) is 0 Å². The van der Waals surface area contributed by atoms with E-state index in [1.54, 1.807) is 0 Å². The van der Waals surface area contributed by atoms with E-state index in [0.717, 1.165) is 12.8 Å². The van der Waals surface area contributed by atoms with Crippen molar-refractivity contribution in [3.8, 4) is 0 Å². The normalized spacial score (nSPS) is 21.2. The van der Waals surface area contributed by atoms with E-state index in [4.69, 9.17) is 9.47 Å². The monoisotopic (exact) mass is 319 g/mol. The van der Waals surface area contributed by atoms with E-state index in [-0.39, 0.29) is 24.2 Å². The summed E-state index contributed by atoms with van der Waals surface area (Å²) in [6, 6.07) is 6.48. The van der Waals surface area contributed by atoms with Crippen LogP contribution in [0.25, 0.3) is 0 Å². The first kappa shape index (κ1) is 17.5. The van der Waals surface area contributed by atoms with Crippen molar-refractivity contribution in [2.75, 3.05) is 6.61 Å². The molecule has 0 radical (unpaired) electrons. The Kier molecular flexibility index (Phi) is 5.77. The highest BCUT2D eigenvalue weighted by molar-refractivity contribution is 5.66. The van der Waals surface area contributed by atoms with E-state index in [2.05, 4.69) is 36.9 Å². The van der Waals surface area contributed by atoms with Crippen LogP contribution in [0.1, 0.15) is 43.4 Å². The minimum Gasteiger partial charge on any atom is -0.464 e. The zero-order chi connectivity index (χ0) is 17.0. The Balaban J connectivity index is 2.14. The van der Waals surface area contributed by atoms with Crippen molar-refractivity contribution in [1.29, 1.82) is 0 Å². The van der Waals surface area contributed by atoms with Crippen LogP contribution >= 0.6 is 0 Å². The van der Waals surface area contributed by atoms with Crippen molar-refractivity contribution in [1.82, 2.24) is 4.90 Å². The molecule has 1 aromatic rings. The summed E-state index contributed by atoms with van der Waals surface area (Å²) in [6.45, 7) is 7.98. The quantitative estimate of drug-likeness (QED) is 0.781. The first-order valence-electron chi connectivity index (χ1n) is 7.98. The number of ether oxygens (including phenoxy) is 2. The second-order valence-corrected chi connectivity index (χ2v) is 6.27. The van der Waals surface area contributed by atoms with Crippen molar-refractivity contribution >= 4 is 11.9 Å². The maximum atomic E-state index is 11.3. The molecule has 126 valence electrons. The number of carbonyl (C=O) groups is 2. The Morgan fingerprint density at radius 1 is 1.09 bits per heavy atom. The molecule has 0 aliphatic carbocycles. The van der Waals surface area contributed by atoms with Gasteiger partial charge in [0.2, 0.25) is 0 Å². The molecule has 1 fully saturated rings. The van der Waals surface area contributed by atoms with Gasteiger partial charge in [-0.15, -0.1) is 0 Å². The van der Waals surface area contributed by atoms with Gasteiger partial charge in [-0.2, -0.15) is 0 Å². The minimum atomic E-state index is -0.285. The van der Waals surface area contributed by atoms with Crippen LogP contribution in [0.3, 0.4) is 0 Å². The molecule has 5 nitrogen and oxygen atoms in total. The zero-order valence-electron chi connectivity index (χ0n) is 14.3. The standard InChI is InChI=1S/C18H25NO4/c1-12-7-13(2)9-16(8-12)10-19-17(11-22-14(3)20)5-6-18(19)23-15(4)21/h7-9,17-18H,5-6,10-11H2,1-4H3/t17-,18+/m1/s1. The number of aryl methyl sites for hydroxylation is 2. The summed E-state index contributed by atoms with van der Waals surface area (Å²) < 4.78 is 10.6. The van der Waals surface area contributed by atoms with Crippen LogP contribution < -0.4 is 0 Å². The van der Waals surface area contributed by atoms with Crippen LogP contribution in [0.5, 0.6) is 0 Å². The largest absolute Gasteiger partial charge is 0.464 e. The molecule has 2 atom stereocenters.